The van der Waals surface area contributed by atoms with Crippen LogP contribution in [0.1, 0.15) is 49.5 Å². The summed E-state index contributed by atoms with van der Waals surface area (Å²) in [5, 5.41) is 26.5. The zero-order valence-corrected chi connectivity index (χ0v) is 10.7. The molecule has 1 heterocycles. The second-order valence-corrected chi connectivity index (χ2v) is 6.36. The van der Waals surface area contributed by atoms with Gasteiger partial charge in [-0.05, 0) is 55.8 Å². The minimum Gasteiger partial charge on any atom is -0.191 e. The largest absolute Gasteiger partial charge is 0.200 e. The highest BCUT2D eigenvalue weighted by molar-refractivity contribution is 5.33. The molecule has 0 atom stereocenters. The van der Waals surface area contributed by atoms with Gasteiger partial charge < -0.3 is 0 Å². The Morgan fingerprint density at radius 1 is 0.842 bits per heavy atom. The molecule has 19 heavy (non-hydrogen) atoms. The average Bonchev–Trinajstić information content (AvgIpc) is 2.80. The van der Waals surface area contributed by atoms with E-state index < -0.39 is 0 Å². The molecule has 5 rings (SSSR count). The standard InChI is InChI=1S/C14H15N5/c15-6-12-13(7-16)18-19(17-12)14-10-2-8-1-9(4-10)5-11(14)3-8/h8-11,14H,1-5H2. The molecule has 0 radical (unpaired) electrons. The van der Waals surface area contributed by atoms with E-state index in [-0.39, 0.29) is 11.4 Å². The van der Waals surface area contributed by atoms with Crippen LogP contribution < -0.4 is 0 Å². The third-order valence-electron chi connectivity index (χ3n) is 5.28. The van der Waals surface area contributed by atoms with Crippen molar-refractivity contribution in [2.24, 2.45) is 23.7 Å². The van der Waals surface area contributed by atoms with E-state index in [2.05, 4.69) is 10.2 Å². The van der Waals surface area contributed by atoms with Gasteiger partial charge in [-0.1, -0.05) is 0 Å². The van der Waals surface area contributed by atoms with Crippen molar-refractivity contribution in [3.05, 3.63) is 11.4 Å². The van der Waals surface area contributed by atoms with Crippen LogP contribution in [-0.2, 0) is 0 Å². The van der Waals surface area contributed by atoms with Gasteiger partial charge in [0.25, 0.3) is 0 Å². The Bertz CT molecular complexity index is 543. The lowest BCUT2D eigenvalue weighted by Crippen LogP contribution is -2.46. The zero-order chi connectivity index (χ0) is 13.0. The molecule has 4 saturated carbocycles. The van der Waals surface area contributed by atoms with Crippen LogP contribution >= 0.6 is 0 Å². The topological polar surface area (TPSA) is 78.3 Å². The maximum atomic E-state index is 9.00. The molecule has 0 aliphatic heterocycles. The first-order valence-electron chi connectivity index (χ1n) is 7.05. The Balaban J connectivity index is 1.72. The SMILES string of the molecule is N#Cc1nn(C2C3CC4CC(C3)CC2C4)nc1C#N. The molecule has 0 N–H and O–H groups in total. The van der Waals surface area contributed by atoms with E-state index in [0.717, 1.165) is 11.8 Å². The molecule has 0 aromatic carbocycles. The van der Waals surface area contributed by atoms with Crippen LogP contribution in [0.15, 0.2) is 0 Å². The fourth-order valence-corrected chi connectivity index (χ4v) is 4.88. The number of hydrogen-bond donors (Lipinski definition) is 0. The van der Waals surface area contributed by atoms with Crippen LogP contribution in [0.25, 0.3) is 0 Å². The number of aromatic nitrogens is 3. The third kappa shape index (κ3) is 1.51. The molecule has 0 spiro atoms. The summed E-state index contributed by atoms with van der Waals surface area (Å²) in [6.07, 6.45) is 6.54. The predicted octanol–water partition coefficient (Wildman–Crippen LogP) is 2.02. The molecular weight excluding hydrogens is 238 g/mol. The Morgan fingerprint density at radius 3 is 1.74 bits per heavy atom. The van der Waals surface area contributed by atoms with Crippen molar-refractivity contribution in [3.63, 3.8) is 0 Å². The van der Waals surface area contributed by atoms with Gasteiger partial charge in [0, 0.05) is 0 Å². The quantitative estimate of drug-likeness (QED) is 0.767. The van der Waals surface area contributed by atoms with Crippen molar-refractivity contribution < 1.29 is 0 Å². The molecule has 4 fully saturated rings. The average molecular weight is 253 g/mol. The molecule has 0 amide bonds. The molecule has 4 aliphatic carbocycles. The van der Waals surface area contributed by atoms with Crippen molar-refractivity contribution in [1.29, 1.82) is 10.5 Å². The van der Waals surface area contributed by atoms with E-state index in [1.165, 1.54) is 32.1 Å². The van der Waals surface area contributed by atoms with Crippen molar-refractivity contribution in [1.82, 2.24) is 15.0 Å². The second-order valence-electron chi connectivity index (χ2n) is 6.36. The first kappa shape index (κ1) is 11.0. The highest BCUT2D eigenvalue weighted by atomic mass is 15.5. The van der Waals surface area contributed by atoms with Crippen molar-refractivity contribution in [3.8, 4) is 12.1 Å². The Labute approximate surface area is 111 Å². The summed E-state index contributed by atoms with van der Waals surface area (Å²) in [4.78, 5) is 1.70. The van der Waals surface area contributed by atoms with E-state index in [9.17, 15) is 0 Å². The fourth-order valence-electron chi connectivity index (χ4n) is 4.88. The van der Waals surface area contributed by atoms with Crippen LogP contribution in [-0.4, -0.2) is 15.0 Å². The summed E-state index contributed by atoms with van der Waals surface area (Å²) in [7, 11) is 0. The number of hydrogen-bond acceptors (Lipinski definition) is 4. The van der Waals surface area contributed by atoms with E-state index in [4.69, 9.17) is 10.5 Å². The first-order valence-corrected chi connectivity index (χ1v) is 7.05. The molecule has 1 aromatic rings. The van der Waals surface area contributed by atoms with Crippen molar-refractivity contribution >= 4 is 0 Å². The fraction of sp³-hybridized carbons (Fsp3) is 0.714. The summed E-state index contributed by atoms with van der Waals surface area (Å²) in [6, 6.07) is 4.27. The van der Waals surface area contributed by atoms with Gasteiger partial charge in [-0.15, -0.1) is 10.2 Å². The highest BCUT2D eigenvalue weighted by Gasteiger charge is 2.49. The smallest absolute Gasteiger partial charge is 0.191 e. The number of nitriles is 2. The first-order chi connectivity index (χ1) is 9.28. The molecule has 0 saturated heterocycles. The van der Waals surface area contributed by atoms with Crippen LogP contribution in [0.2, 0.25) is 0 Å². The minimum absolute atomic E-state index is 0.177. The van der Waals surface area contributed by atoms with E-state index in [0.29, 0.717) is 17.9 Å². The molecule has 96 valence electrons. The van der Waals surface area contributed by atoms with E-state index in [1.807, 2.05) is 12.1 Å². The molecule has 5 nitrogen and oxygen atoms in total. The molecule has 0 unspecified atom stereocenters. The normalized spacial score (nSPS) is 38.9. The highest BCUT2D eigenvalue weighted by Crippen LogP contribution is 2.57. The predicted molar refractivity (Wildman–Crippen MR) is 65.5 cm³/mol. The van der Waals surface area contributed by atoms with Gasteiger partial charge in [0.1, 0.15) is 12.1 Å². The van der Waals surface area contributed by atoms with Crippen LogP contribution in [0.5, 0.6) is 0 Å². The monoisotopic (exact) mass is 253 g/mol. The number of rotatable bonds is 1. The van der Waals surface area contributed by atoms with Crippen molar-refractivity contribution in [2.75, 3.05) is 0 Å². The van der Waals surface area contributed by atoms with Gasteiger partial charge in [0.05, 0.1) is 6.04 Å². The lowest BCUT2D eigenvalue weighted by Gasteiger charge is -2.53. The number of nitrogens with zero attached hydrogens (tertiary/aromatic N) is 5. The molecular formula is C14H15N5. The van der Waals surface area contributed by atoms with E-state index >= 15 is 0 Å². The molecule has 5 heteroatoms. The molecule has 4 aliphatic rings. The van der Waals surface area contributed by atoms with Gasteiger partial charge in [-0.25, -0.2) is 0 Å². The van der Waals surface area contributed by atoms with Crippen LogP contribution in [0, 0.1) is 46.3 Å². The van der Waals surface area contributed by atoms with Gasteiger partial charge in [-0.2, -0.15) is 15.3 Å². The Hall–Kier alpha value is -1.88. The van der Waals surface area contributed by atoms with Crippen LogP contribution in [0.4, 0.5) is 0 Å². The van der Waals surface area contributed by atoms with Gasteiger partial charge in [-0.3, -0.25) is 0 Å². The lowest BCUT2D eigenvalue weighted by molar-refractivity contribution is -0.0390. The Kier molecular flexibility index (Phi) is 2.20. The maximum Gasteiger partial charge on any atom is 0.200 e. The summed E-state index contributed by atoms with van der Waals surface area (Å²) in [5.74, 6) is 3.11. The maximum absolute atomic E-state index is 9.00. The van der Waals surface area contributed by atoms with Gasteiger partial charge >= 0.3 is 0 Å². The lowest BCUT2D eigenvalue weighted by atomic mass is 9.54. The van der Waals surface area contributed by atoms with Crippen LogP contribution in [0.3, 0.4) is 0 Å². The van der Waals surface area contributed by atoms with Gasteiger partial charge in [0.2, 0.25) is 11.4 Å². The summed E-state index contributed by atoms with van der Waals surface area (Å²) < 4.78 is 0. The summed E-state index contributed by atoms with van der Waals surface area (Å²) in [5.41, 5.74) is 0.354. The summed E-state index contributed by atoms with van der Waals surface area (Å²) >= 11 is 0. The second kappa shape index (κ2) is 3.81. The minimum atomic E-state index is 0.177. The van der Waals surface area contributed by atoms with E-state index in [1.54, 1.807) is 4.80 Å². The molecule has 1 aromatic heterocycles. The molecule has 4 bridgehead atoms. The third-order valence-corrected chi connectivity index (χ3v) is 5.28. The van der Waals surface area contributed by atoms with Gasteiger partial charge in [0.15, 0.2) is 0 Å². The van der Waals surface area contributed by atoms with Crippen molar-refractivity contribution in [2.45, 2.75) is 38.1 Å². The summed E-state index contributed by atoms with van der Waals surface area (Å²) in [6.45, 7) is 0. The Morgan fingerprint density at radius 2 is 1.32 bits per heavy atom. The zero-order valence-electron chi connectivity index (χ0n) is 10.7.